The van der Waals surface area contributed by atoms with Gasteiger partial charge in [-0.3, -0.25) is 4.98 Å². The van der Waals surface area contributed by atoms with Gasteiger partial charge in [0.25, 0.3) is 0 Å². The average molecular weight is 278 g/mol. The molecule has 18 heavy (non-hydrogen) atoms. The number of pyridine rings is 1. The van der Waals surface area contributed by atoms with Gasteiger partial charge < -0.3 is 11.1 Å². The maximum Gasteiger partial charge on any atom is 0.124 e. The van der Waals surface area contributed by atoms with Crippen LogP contribution in [0.4, 0.5) is 5.69 Å². The van der Waals surface area contributed by atoms with Crippen LogP contribution in [0.2, 0.25) is 0 Å². The number of thiocarbonyl (C=S) groups is 1. The molecule has 2 rings (SSSR count). The number of anilines is 1. The number of aromatic nitrogens is 2. The van der Waals surface area contributed by atoms with E-state index in [0.717, 1.165) is 10.7 Å². The molecule has 0 aromatic carbocycles. The van der Waals surface area contributed by atoms with Gasteiger partial charge >= 0.3 is 0 Å². The number of nitrogens with zero attached hydrogens (tertiary/aromatic N) is 2. The van der Waals surface area contributed by atoms with Crippen molar-refractivity contribution in [1.29, 1.82) is 0 Å². The molecule has 2 heterocycles. The zero-order valence-corrected chi connectivity index (χ0v) is 11.8. The second-order valence-electron chi connectivity index (χ2n) is 4.35. The third-order valence-electron chi connectivity index (χ3n) is 2.46. The van der Waals surface area contributed by atoms with Crippen LogP contribution in [-0.4, -0.2) is 15.0 Å². The van der Waals surface area contributed by atoms with Gasteiger partial charge in [-0.1, -0.05) is 12.2 Å². The maximum atomic E-state index is 5.67. The molecule has 4 nitrogen and oxygen atoms in total. The minimum atomic E-state index is -0.295. The Morgan fingerprint density at radius 3 is 2.78 bits per heavy atom. The summed E-state index contributed by atoms with van der Waals surface area (Å²) in [6.07, 6.45) is 3.47. The molecule has 0 fully saturated rings. The van der Waals surface area contributed by atoms with E-state index in [2.05, 4.69) is 29.1 Å². The van der Waals surface area contributed by atoms with E-state index in [9.17, 15) is 0 Å². The number of nitrogens with two attached hydrogens (primary N) is 1. The largest absolute Gasteiger partial charge is 0.388 e. The topological polar surface area (TPSA) is 63.8 Å². The Labute approximate surface area is 115 Å². The predicted octanol–water partition coefficient (Wildman–Crippen LogP) is 2.52. The van der Waals surface area contributed by atoms with Crippen molar-refractivity contribution in [2.45, 2.75) is 19.4 Å². The van der Waals surface area contributed by atoms with Crippen molar-refractivity contribution < 1.29 is 0 Å². The summed E-state index contributed by atoms with van der Waals surface area (Å²) >= 11 is 6.61. The first-order valence-corrected chi connectivity index (χ1v) is 6.72. The van der Waals surface area contributed by atoms with Gasteiger partial charge in [0.05, 0.1) is 11.2 Å². The molecule has 6 heteroatoms. The van der Waals surface area contributed by atoms with Gasteiger partial charge in [0.2, 0.25) is 0 Å². The number of rotatable bonds is 4. The fourth-order valence-electron chi connectivity index (χ4n) is 1.62. The lowest BCUT2D eigenvalue weighted by molar-refractivity contribution is 0.604. The van der Waals surface area contributed by atoms with Gasteiger partial charge in [-0.2, -0.15) is 0 Å². The normalized spacial score (nSPS) is 11.2. The quantitative estimate of drug-likeness (QED) is 0.841. The molecule has 0 saturated carbocycles. The summed E-state index contributed by atoms with van der Waals surface area (Å²) in [5.74, 6) is 0. The number of nitrogens with one attached hydrogen (secondary N) is 1. The van der Waals surface area contributed by atoms with E-state index < -0.39 is 0 Å². The zero-order chi connectivity index (χ0) is 13.2. The van der Waals surface area contributed by atoms with Gasteiger partial charge in [0.15, 0.2) is 0 Å². The predicted molar refractivity (Wildman–Crippen MR) is 78.9 cm³/mol. The monoisotopic (exact) mass is 278 g/mol. The Hall–Kier alpha value is -1.53. The van der Waals surface area contributed by atoms with Crippen molar-refractivity contribution in [2.75, 3.05) is 5.32 Å². The van der Waals surface area contributed by atoms with E-state index in [1.807, 2.05) is 17.5 Å². The first kappa shape index (κ1) is 12.9. The van der Waals surface area contributed by atoms with E-state index >= 15 is 0 Å². The van der Waals surface area contributed by atoms with Gasteiger partial charge in [-0.05, 0) is 26.0 Å². The minimum Gasteiger partial charge on any atom is -0.388 e. The molecule has 0 atom stereocenters. The molecule has 3 N–H and O–H groups in total. The lowest BCUT2D eigenvalue weighted by Crippen LogP contribution is -2.29. The highest BCUT2D eigenvalue weighted by Crippen LogP contribution is 2.28. The van der Waals surface area contributed by atoms with E-state index in [4.69, 9.17) is 18.0 Å². The fraction of sp³-hybridized carbons (Fsp3) is 0.250. The molecule has 94 valence electrons. The third kappa shape index (κ3) is 2.65. The first-order chi connectivity index (χ1) is 8.50. The van der Waals surface area contributed by atoms with Gasteiger partial charge in [0, 0.05) is 17.8 Å². The second kappa shape index (κ2) is 4.99. The molecule has 2 aromatic rings. The minimum absolute atomic E-state index is 0.285. The fourth-order valence-corrected chi connectivity index (χ4v) is 2.51. The lowest BCUT2D eigenvalue weighted by atomic mass is 10.1. The lowest BCUT2D eigenvalue weighted by Gasteiger charge is -2.26. The van der Waals surface area contributed by atoms with E-state index in [1.165, 1.54) is 0 Å². The van der Waals surface area contributed by atoms with Gasteiger partial charge in [-0.15, -0.1) is 11.3 Å². The molecule has 0 spiro atoms. The van der Waals surface area contributed by atoms with Crippen LogP contribution in [0.25, 0.3) is 0 Å². The summed E-state index contributed by atoms with van der Waals surface area (Å²) in [6, 6.07) is 3.76. The molecule has 0 aliphatic carbocycles. The maximum absolute atomic E-state index is 5.67. The molecule has 0 saturated heterocycles. The van der Waals surface area contributed by atoms with Crippen LogP contribution >= 0.6 is 23.6 Å². The van der Waals surface area contributed by atoms with Crippen LogP contribution in [0.3, 0.4) is 0 Å². The summed E-state index contributed by atoms with van der Waals surface area (Å²) in [7, 11) is 0. The molecule has 0 aliphatic rings. The molecule has 0 unspecified atom stereocenters. The van der Waals surface area contributed by atoms with Crippen molar-refractivity contribution in [2.24, 2.45) is 5.73 Å². The third-order valence-corrected chi connectivity index (χ3v) is 3.75. The Morgan fingerprint density at radius 2 is 2.17 bits per heavy atom. The zero-order valence-electron chi connectivity index (χ0n) is 10.2. The highest BCUT2D eigenvalue weighted by atomic mass is 32.1. The summed E-state index contributed by atoms with van der Waals surface area (Å²) in [6.45, 7) is 4.12. The highest BCUT2D eigenvalue weighted by molar-refractivity contribution is 7.80. The number of thiazole rings is 1. The molecule has 0 bridgehead atoms. The van der Waals surface area contributed by atoms with Crippen molar-refractivity contribution in [3.05, 3.63) is 40.6 Å². The first-order valence-electron chi connectivity index (χ1n) is 5.43. The number of hydrogen-bond donors (Lipinski definition) is 2. The molecular formula is C12H14N4S2. The Bertz CT molecular complexity index is 549. The van der Waals surface area contributed by atoms with Gasteiger partial charge in [0.1, 0.15) is 15.7 Å². The van der Waals surface area contributed by atoms with E-state index in [0.29, 0.717) is 5.69 Å². The molecular weight excluding hydrogens is 264 g/mol. The molecule has 0 radical (unpaired) electrons. The van der Waals surface area contributed by atoms with Crippen molar-refractivity contribution >= 4 is 34.2 Å². The van der Waals surface area contributed by atoms with Crippen LogP contribution in [0.15, 0.2) is 29.9 Å². The standard InChI is InChI=1S/C12H14N4S2/c1-12(2,11-15-6-7-18-11)16-8-4-3-5-14-9(8)10(13)17/h3-7,16H,1-2H3,(H2,13,17). The van der Waals surface area contributed by atoms with Crippen LogP contribution in [0, 0.1) is 0 Å². The highest BCUT2D eigenvalue weighted by Gasteiger charge is 2.24. The van der Waals surface area contributed by atoms with Crippen LogP contribution in [0.1, 0.15) is 24.5 Å². The number of hydrogen-bond acceptors (Lipinski definition) is 5. The van der Waals surface area contributed by atoms with Crippen LogP contribution < -0.4 is 11.1 Å². The second-order valence-corrected chi connectivity index (χ2v) is 5.69. The van der Waals surface area contributed by atoms with Gasteiger partial charge in [-0.25, -0.2) is 4.98 Å². The molecule has 0 amide bonds. The summed E-state index contributed by atoms with van der Waals surface area (Å²) in [4.78, 5) is 8.81. The summed E-state index contributed by atoms with van der Waals surface area (Å²) in [5, 5.41) is 6.34. The smallest absolute Gasteiger partial charge is 0.124 e. The van der Waals surface area contributed by atoms with Crippen molar-refractivity contribution in [3.8, 4) is 0 Å². The van der Waals surface area contributed by atoms with Crippen molar-refractivity contribution in [3.63, 3.8) is 0 Å². The average Bonchev–Trinajstić information content (AvgIpc) is 2.83. The van der Waals surface area contributed by atoms with E-state index in [-0.39, 0.29) is 10.5 Å². The molecule has 0 aliphatic heterocycles. The Kier molecular flexibility index (Phi) is 3.58. The van der Waals surface area contributed by atoms with E-state index in [1.54, 1.807) is 23.7 Å². The molecule has 2 aromatic heterocycles. The summed E-state index contributed by atoms with van der Waals surface area (Å²) in [5.41, 5.74) is 6.81. The van der Waals surface area contributed by atoms with Crippen molar-refractivity contribution in [1.82, 2.24) is 9.97 Å². The SMILES string of the molecule is CC(C)(Nc1cccnc1C(N)=S)c1nccs1. The van der Waals surface area contributed by atoms with Crippen LogP contribution in [0.5, 0.6) is 0 Å². The summed E-state index contributed by atoms with van der Waals surface area (Å²) < 4.78 is 0. The van der Waals surface area contributed by atoms with Crippen LogP contribution in [-0.2, 0) is 5.54 Å². The Balaban J connectivity index is 2.32. The Morgan fingerprint density at radius 1 is 1.39 bits per heavy atom.